The topological polar surface area (TPSA) is 0 Å². The molecule has 0 aromatic heterocycles. The van der Waals surface area contributed by atoms with Gasteiger partial charge in [-0.3, -0.25) is 0 Å². The van der Waals surface area contributed by atoms with Crippen molar-refractivity contribution >= 4 is 16.3 Å². The fourth-order valence-corrected chi connectivity index (χ4v) is 3.99. The van der Waals surface area contributed by atoms with Crippen LogP contribution in [0.5, 0.6) is 0 Å². The second-order valence-corrected chi connectivity index (χ2v) is 8.02. The maximum atomic E-state index is 2.46. The van der Waals surface area contributed by atoms with E-state index in [0.717, 1.165) is 5.92 Å². The maximum absolute atomic E-state index is 2.46. The van der Waals surface area contributed by atoms with Gasteiger partial charge in [0.15, 0.2) is 0 Å². The lowest BCUT2D eigenvalue weighted by Gasteiger charge is -2.18. The van der Waals surface area contributed by atoms with Gasteiger partial charge < -0.3 is 0 Å². The van der Waals surface area contributed by atoms with E-state index in [2.05, 4.69) is 56.3 Å². The van der Waals surface area contributed by atoms with Crippen LogP contribution in [0, 0.1) is 5.92 Å². The largest absolute Gasteiger partial charge is 0.0805 e. The monoisotopic (exact) mass is 334 g/mol. The summed E-state index contributed by atoms with van der Waals surface area (Å²) in [4.78, 5) is 0. The molecular weight excluding hydrogens is 300 g/mol. The molecule has 2 aromatic rings. The molecule has 1 aliphatic rings. The van der Waals surface area contributed by atoms with Crippen molar-refractivity contribution in [2.45, 2.75) is 78.1 Å². The van der Waals surface area contributed by atoms with E-state index < -0.39 is 0 Å². The number of hydrogen-bond acceptors (Lipinski definition) is 0. The van der Waals surface area contributed by atoms with E-state index >= 15 is 0 Å². The predicted molar refractivity (Wildman–Crippen MR) is 112 cm³/mol. The molecule has 0 fully saturated rings. The molecule has 0 saturated carbocycles. The van der Waals surface area contributed by atoms with Crippen LogP contribution in [0.3, 0.4) is 0 Å². The minimum Gasteiger partial charge on any atom is -0.0805 e. The zero-order valence-electron chi connectivity index (χ0n) is 16.2. The highest BCUT2D eigenvalue weighted by molar-refractivity contribution is 5.87. The summed E-state index contributed by atoms with van der Waals surface area (Å²) in [6, 6.07) is 14.1. The Labute approximate surface area is 154 Å². The summed E-state index contributed by atoms with van der Waals surface area (Å²) in [6.45, 7) is 4.64. The van der Waals surface area contributed by atoms with Crippen LogP contribution in [-0.2, 0) is 6.42 Å². The van der Waals surface area contributed by atoms with Crippen molar-refractivity contribution in [1.29, 1.82) is 0 Å². The molecule has 0 aliphatic heterocycles. The molecule has 0 heterocycles. The molecule has 1 unspecified atom stereocenters. The average molecular weight is 335 g/mol. The highest BCUT2D eigenvalue weighted by Gasteiger charge is 2.11. The second-order valence-electron chi connectivity index (χ2n) is 8.02. The third-order valence-electron chi connectivity index (χ3n) is 5.77. The van der Waals surface area contributed by atoms with Crippen molar-refractivity contribution in [2.75, 3.05) is 0 Å². The van der Waals surface area contributed by atoms with Crippen molar-refractivity contribution < 1.29 is 0 Å². The maximum Gasteiger partial charge on any atom is -0.0178 e. The molecular formula is C25H34. The zero-order chi connectivity index (χ0) is 17.5. The molecule has 0 heteroatoms. The van der Waals surface area contributed by atoms with Gasteiger partial charge in [-0.05, 0) is 71.6 Å². The summed E-state index contributed by atoms with van der Waals surface area (Å²) in [6.07, 6.45) is 15.8. The van der Waals surface area contributed by atoms with Gasteiger partial charge in [-0.15, -0.1) is 0 Å². The Balaban J connectivity index is 1.61. The van der Waals surface area contributed by atoms with Gasteiger partial charge in [0.1, 0.15) is 0 Å². The molecule has 0 spiro atoms. The van der Waals surface area contributed by atoms with Crippen LogP contribution in [-0.4, -0.2) is 0 Å². The predicted octanol–water partition coefficient (Wildman–Crippen LogP) is 7.95. The number of benzene rings is 2. The second kappa shape index (κ2) is 9.22. The average Bonchev–Trinajstić information content (AvgIpc) is 2.65. The van der Waals surface area contributed by atoms with Gasteiger partial charge in [-0.1, -0.05) is 82.4 Å². The number of aryl methyl sites for hydroxylation is 1. The normalized spacial score (nSPS) is 17.7. The molecule has 1 aliphatic carbocycles. The van der Waals surface area contributed by atoms with E-state index in [9.17, 15) is 0 Å². The molecule has 25 heavy (non-hydrogen) atoms. The molecule has 2 aromatic carbocycles. The number of fused-ring (bicyclic) bond motifs is 1. The fourth-order valence-electron chi connectivity index (χ4n) is 3.99. The van der Waals surface area contributed by atoms with Crippen molar-refractivity contribution in [1.82, 2.24) is 0 Å². The Bertz CT molecular complexity index is 707. The highest BCUT2D eigenvalue weighted by Crippen LogP contribution is 2.31. The van der Waals surface area contributed by atoms with Crippen molar-refractivity contribution in [3.8, 4) is 0 Å². The smallest absolute Gasteiger partial charge is 0.0178 e. The summed E-state index contributed by atoms with van der Waals surface area (Å²) < 4.78 is 0. The fraction of sp³-hybridized carbons (Fsp3) is 0.520. The van der Waals surface area contributed by atoms with Crippen LogP contribution in [0.15, 0.2) is 42.5 Å². The first-order chi connectivity index (χ1) is 12.3. The highest BCUT2D eigenvalue weighted by atomic mass is 14.2. The van der Waals surface area contributed by atoms with Gasteiger partial charge in [-0.25, -0.2) is 0 Å². The van der Waals surface area contributed by atoms with Crippen LogP contribution in [0.1, 0.15) is 82.8 Å². The number of rotatable bonds is 8. The van der Waals surface area contributed by atoms with Gasteiger partial charge in [0.2, 0.25) is 0 Å². The first kappa shape index (κ1) is 18.2. The third-order valence-corrected chi connectivity index (χ3v) is 5.77. The Morgan fingerprint density at radius 3 is 2.44 bits per heavy atom. The van der Waals surface area contributed by atoms with Crippen molar-refractivity contribution in [3.63, 3.8) is 0 Å². The summed E-state index contributed by atoms with van der Waals surface area (Å²) >= 11 is 0. The summed E-state index contributed by atoms with van der Waals surface area (Å²) in [5.41, 5.74) is 4.49. The summed E-state index contributed by atoms with van der Waals surface area (Å²) in [7, 11) is 0. The summed E-state index contributed by atoms with van der Waals surface area (Å²) in [5.74, 6) is 0.855. The van der Waals surface area contributed by atoms with Crippen LogP contribution < -0.4 is 0 Å². The van der Waals surface area contributed by atoms with Crippen LogP contribution in [0.4, 0.5) is 0 Å². The molecule has 0 radical (unpaired) electrons. The Kier molecular flexibility index (Phi) is 6.73. The van der Waals surface area contributed by atoms with E-state index in [4.69, 9.17) is 0 Å². The van der Waals surface area contributed by atoms with Crippen molar-refractivity contribution in [2.24, 2.45) is 5.92 Å². The quantitative estimate of drug-likeness (QED) is 0.430. The van der Waals surface area contributed by atoms with Gasteiger partial charge in [0, 0.05) is 0 Å². The Morgan fingerprint density at radius 2 is 1.64 bits per heavy atom. The minimum atomic E-state index is 0.855. The van der Waals surface area contributed by atoms with E-state index in [1.54, 1.807) is 5.57 Å². The lowest BCUT2D eigenvalue weighted by atomic mass is 9.87. The van der Waals surface area contributed by atoms with E-state index in [0.29, 0.717) is 0 Å². The molecule has 134 valence electrons. The van der Waals surface area contributed by atoms with Crippen LogP contribution >= 0.6 is 0 Å². The van der Waals surface area contributed by atoms with E-state index in [1.807, 2.05) is 0 Å². The molecule has 0 saturated heterocycles. The van der Waals surface area contributed by atoms with Crippen LogP contribution in [0.2, 0.25) is 0 Å². The lowest BCUT2D eigenvalue weighted by molar-refractivity contribution is 0.534. The van der Waals surface area contributed by atoms with E-state index in [1.165, 1.54) is 86.1 Å². The van der Waals surface area contributed by atoms with Gasteiger partial charge >= 0.3 is 0 Å². The number of allylic oxidation sites excluding steroid dienone is 2. The van der Waals surface area contributed by atoms with E-state index in [-0.39, 0.29) is 0 Å². The molecule has 1 atom stereocenters. The lowest BCUT2D eigenvalue weighted by Crippen LogP contribution is -2.00. The van der Waals surface area contributed by atoms with Gasteiger partial charge in [0.25, 0.3) is 0 Å². The molecule has 0 N–H and O–H groups in total. The van der Waals surface area contributed by atoms with Crippen LogP contribution in [0.25, 0.3) is 16.3 Å². The first-order valence-corrected chi connectivity index (χ1v) is 10.5. The Hall–Kier alpha value is -1.56. The SMILES string of the molecule is CCCCCCCCc1ccc2cc(C3=CCC(C)CC3)ccc2c1. The standard InChI is InChI=1S/C25H34/c1-3-4-5-6-7-8-9-21-12-15-25-19-24(17-16-23(25)18-21)22-13-10-20(2)11-14-22/h12-13,15-20H,3-11,14H2,1-2H3. The zero-order valence-corrected chi connectivity index (χ0v) is 16.2. The first-order valence-electron chi connectivity index (χ1n) is 10.5. The molecule has 0 nitrogen and oxygen atoms in total. The van der Waals surface area contributed by atoms with Gasteiger partial charge in [0.05, 0.1) is 0 Å². The molecule has 3 rings (SSSR count). The number of unbranched alkanes of at least 4 members (excludes halogenated alkanes) is 5. The molecule has 0 amide bonds. The van der Waals surface area contributed by atoms with Gasteiger partial charge in [-0.2, -0.15) is 0 Å². The minimum absolute atomic E-state index is 0.855. The molecule has 0 bridgehead atoms. The summed E-state index contributed by atoms with van der Waals surface area (Å²) in [5, 5.41) is 2.79. The Morgan fingerprint density at radius 1 is 0.880 bits per heavy atom. The number of hydrogen-bond donors (Lipinski definition) is 0. The van der Waals surface area contributed by atoms with Crippen molar-refractivity contribution in [3.05, 3.63) is 53.6 Å². The third kappa shape index (κ3) is 5.21.